The fourth-order valence-electron chi connectivity index (χ4n) is 1.23. The van der Waals surface area contributed by atoms with Crippen LogP contribution in [0.25, 0.3) is 0 Å². The van der Waals surface area contributed by atoms with E-state index in [-0.39, 0.29) is 16.7 Å². The number of nitro groups is 1. The molecule has 88 valence electrons. The zero-order valence-corrected chi connectivity index (χ0v) is 9.70. The van der Waals surface area contributed by atoms with E-state index in [4.69, 9.17) is 11.6 Å². The molecule has 0 aromatic carbocycles. The second-order valence-electron chi connectivity index (χ2n) is 3.25. The Morgan fingerprint density at radius 1 is 1.50 bits per heavy atom. The first-order valence-electron chi connectivity index (χ1n) is 5.05. The van der Waals surface area contributed by atoms with Crippen molar-refractivity contribution < 1.29 is 4.92 Å². The van der Waals surface area contributed by atoms with Crippen LogP contribution in [0.3, 0.4) is 0 Å². The molecule has 0 saturated heterocycles. The Kier molecular flexibility index (Phi) is 4.91. The zero-order chi connectivity index (χ0) is 12.0. The van der Waals surface area contributed by atoms with E-state index in [9.17, 15) is 10.1 Å². The van der Waals surface area contributed by atoms with Crippen molar-refractivity contribution in [1.29, 1.82) is 0 Å². The van der Waals surface area contributed by atoms with Crippen LogP contribution in [0.5, 0.6) is 0 Å². The average Bonchev–Trinajstić information content (AvgIpc) is 2.24. The van der Waals surface area contributed by atoms with Crippen molar-refractivity contribution in [1.82, 2.24) is 9.97 Å². The van der Waals surface area contributed by atoms with Gasteiger partial charge in [0.2, 0.25) is 11.0 Å². The third-order valence-electron chi connectivity index (χ3n) is 2.03. The lowest BCUT2D eigenvalue weighted by atomic mass is 10.2. The molecule has 1 aromatic rings. The van der Waals surface area contributed by atoms with Crippen LogP contribution in [0.15, 0.2) is 6.33 Å². The highest BCUT2D eigenvalue weighted by molar-refractivity contribution is 6.31. The lowest BCUT2D eigenvalue weighted by molar-refractivity contribution is -0.384. The highest BCUT2D eigenvalue weighted by Crippen LogP contribution is 2.28. The topological polar surface area (TPSA) is 81.0 Å². The Bertz CT molecular complexity index is 373. The Balaban J connectivity index is 2.71. The minimum atomic E-state index is -0.579. The van der Waals surface area contributed by atoms with Crippen LogP contribution in [-0.2, 0) is 0 Å². The summed E-state index contributed by atoms with van der Waals surface area (Å²) in [6.45, 7) is 2.73. The van der Waals surface area contributed by atoms with E-state index in [2.05, 4.69) is 22.2 Å². The first-order chi connectivity index (χ1) is 7.66. The first kappa shape index (κ1) is 12.6. The van der Waals surface area contributed by atoms with Gasteiger partial charge in [0, 0.05) is 6.54 Å². The molecule has 7 heteroatoms. The lowest BCUT2D eigenvalue weighted by Gasteiger charge is -2.05. The smallest absolute Gasteiger partial charge is 0.348 e. The second-order valence-corrected chi connectivity index (χ2v) is 3.61. The summed E-state index contributed by atoms with van der Waals surface area (Å²) in [7, 11) is 0. The molecule has 0 saturated carbocycles. The van der Waals surface area contributed by atoms with Crippen molar-refractivity contribution in [2.75, 3.05) is 11.9 Å². The quantitative estimate of drug-likeness (QED) is 0.360. The predicted molar refractivity (Wildman–Crippen MR) is 61.7 cm³/mol. The van der Waals surface area contributed by atoms with Gasteiger partial charge in [-0.1, -0.05) is 31.4 Å². The predicted octanol–water partition coefficient (Wildman–Crippen LogP) is 2.64. The number of nitrogens with zero attached hydrogens (tertiary/aromatic N) is 3. The zero-order valence-electron chi connectivity index (χ0n) is 8.94. The van der Waals surface area contributed by atoms with Crippen LogP contribution in [0.4, 0.5) is 11.5 Å². The van der Waals surface area contributed by atoms with E-state index >= 15 is 0 Å². The van der Waals surface area contributed by atoms with Crippen LogP contribution in [0, 0.1) is 10.1 Å². The number of aromatic nitrogens is 2. The Morgan fingerprint density at radius 3 is 2.88 bits per heavy atom. The van der Waals surface area contributed by atoms with Crippen molar-refractivity contribution in [3.05, 3.63) is 21.6 Å². The molecule has 0 bridgehead atoms. The maximum absolute atomic E-state index is 10.7. The van der Waals surface area contributed by atoms with Crippen LogP contribution < -0.4 is 5.32 Å². The monoisotopic (exact) mass is 244 g/mol. The molecule has 0 unspecified atom stereocenters. The molecule has 1 N–H and O–H groups in total. The number of hydrogen-bond donors (Lipinski definition) is 1. The molecule has 1 heterocycles. The largest absolute Gasteiger partial charge is 0.364 e. The number of hydrogen-bond acceptors (Lipinski definition) is 5. The summed E-state index contributed by atoms with van der Waals surface area (Å²) in [4.78, 5) is 17.5. The minimum absolute atomic E-state index is 0.141. The molecule has 0 spiro atoms. The maximum atomic E-state index is 10.7. The fourth-order valence-corrected chi connectivity index (χ4v) is 1.43. The van der Waals surface area contributed by atoms with Crippen LogP contribution in [0.1, 0.15) is 26.2 Å². The molecular formula is C9H13ClN4O2. The van der Waals surface area contributed by atoms with E-state index < -0.39 is 4.92 Å². The molecule has 16 heavy (non-hydrogen) atoms. The highest BCUT2D eigenvalue weighted by Gasteiger charge is 2.20. The van der Waals surface area contributed by atoms with Crippen molar-refractivity contribution in [3.8, 4) is 0 Å². The minimum Gasteiger partial charge on any atom is -0.364 e. The molecule has 1 rings (SSSR count). The summed E-state index contributed by atoms with van der Waals surface area (Å²) in [6, 6.07) is 0. The van der Waals surface area contributed by atoms with Gasteiger partial charge in [0.15, 0.2) is 0 Å². The summed E-state index contributed by atoms with van der Waals surface area (Å²) in [6.07, 6.45) is 4.31. The van der Waals surface area contributed by atoms with Gasteiger partial charge < -0.3 is 5.32 Å². The molecule has 6 nitrogen and oxygen atoms in total. The first-order valence-corrected chi connectivity index (χ1v) is 5.43. The van der Waals surface area contributed by atoms with Crippen molar-refractivity contribution in [3.63, 3.8) is 0 Å². The average molecular weight is 245 g/mol. The SMILES string of the molecule is CCCCCNc1ncnc(Cl)c1[N+](=O)[O-]. The normalized spacial score (nSPS) is 10.1. The van der Waals surface area contributed by atoms with Crippen molar-refractivity contribution in [2.45, 2.75) is 26.2 Å². The van der Waals surface area contributed by atoms with Crippen LogP contribution in [-0.4, -0.2) is 21.4 Å². The third-order valence-corrected chi connectivity index (χ3v) is 2.31. The highest BCUT2D eigenvalue weighted by atomic mass is 35.5. The Hall–Kier alpha value is -1.43. The Labute approximate surface area is 98.2 Å². The summed E-state index contributed by atoms with van der Waals surface area (Å²) in [5.41, 5.74) is -0.263. The molecule has 0 amide bonds. The van der Waals surface area contributed by atoms with Gasteiger partial charge in [-0.3, -0.25) is 10.1 Å². The summed E-state index contributed by atoms with van der Waals surface area (Å²) >= 11 is 5.63. The van der Waals surface area contributed by atoms with Crippen LogP contribution in [0.2, 0.25) is 5.15 Å². The number of nitrogens with one attached hydrogen (secondary N) is 1. The van der Waals surface area contributed by atoms with Gasteiger partial charge in [0.05, 0.1) is 4.92 Å². The summed E-state index contributed by atoms with van der Waals surface area (Å²) in [5, 5.41) is 13.5. The van der Waals surface area contributed by atoms with E-state index in [1.807, 2.05) is 0 Å². The standard InChI is InChI=1S/C9H13ClN4O2/c1-2-3-4-5-11-9-7(14(15)16)8(10)12-6-13-9/h6H,2-5H2,1H3,(H,11,12,13). The van der Waals surface area contributed by atoms with E-state index in [0.717, 1.165) is 19.3 Å². The Morgan fingerprint density at radius 2 is 2.25 bits per heavy atom. The van der Waals surface area contributed by atoms with Crippen molar-refractivity contribution >= 4 is 23.1 Å². The number of halogens is 1. The van der Waals surface area contributed by atoms with E-state index in [1.54, 1.807) is 0 Å². The number of unbranched alkanes of at least 4 members (excludes halogenated alkanes) is 2. The molecule has 0 fully saturated rings. The van der Waals surface area contributed by atoms with Gasteiger partial charge in [-0.05, 0) is 6.42 Å². The molecule has 0 radical (unpaired) electrons. The molecule has 0 atom stereocenters. The lowest BCUT2D eigenvalue weighted by Crippen LogP contribution is -2.07. The molecule has 0 aliphatic carbocycles. The molecule has 0 aliphatic heterocycles. The number of anilines is 1. The fraction of sp³-hybridized carbons (Fsp3) is 0.556. The molecular weight excluding hydrogens is 232 g/mol. The van der Waals surface area contributed by atoms with Gasteiger partial charge in [0.25, 0.3) is 0 Å². The second kappa shape index (κ2) is 6.22. The third kappa shape index (κ3) is 3.30. The van der Waals surface area contributed by atoms with Gasteiger partial charge >= 0.3 is 5.69 Å². The number of rotatable bonds is 6. The van der Waals surface area contributed by atoms with Gasteiger partial charge in [-0.2, -0.15) is 0 Å². The maximum Gasteiger partial charge on any atom is 0.348 e. The van der Waals surface area contributed by atoms with E-state index in [1.165, 1.54) is 6.33 Å². The van der Waals surface area contributed by atoms with E-state index in [0.29, 0.717) is 6.54 Å². The van der Waals surface area contributed by atoms with Crippen LogP contribution >= 0.6 is 11.6 Å². The summed E-state index contributed by atoms with van der Waals surface area (Å²) in [5.74, 6) is 0.182. The molecule has 1 aromatic heterocycles. The molecule has 0 aliphatic rings. The van der Waals surface area contributed by atoms with Gasteiger partial charge in [0.1, 0.15) is 6.33 Å². The summed E-state index contributed by atoms with van der Waals surface area (Å²) < 4.78 is 0. The van der Waals surface area contributed by atoms with Gasteiger partial charge in [-0.15, -0.1) is 0 Å². The van der Waals surface area contributed by atoms with Crippen molar-refractivity contribution in [2.24, 2.45) is 0 Å². The van der Waals surface area contributed by atoms with Gasteiger partial charge in [-0.25, -0.2) is 9.97 Å².